The molecule has 0 amide bonds. The van der Waals surface area contributed by atoms with E-state index < -0.39 is 0 Å². The van der Waals surface area contributed by atoms with Crippen LogP contribution in [0.15, 0.2) is 54.6 Å². The molecule has 0 spiro atoms. The summed E-state index contributed by atoms with van der Waals surface area (Å²) in [5.74, 6) is 0. The van der Waals surface area contributed by atoms with Gasteiger partial charge in [-0.05, 0) is 54.4 Å². The van der Waals surface area contributed by atoms with Crippen molar-refractivity contribution in [2.75, 3.05) is 0 Å². The smallest absolute Gasteiger partial charge is 0.0238 e. The van der Waals surface area contributed by atoms with E-state index in [1.807, 2.05) is 0 Å². The first kappa shape index (κ1) is 18.5. The lowest BCUT2D eigenvalue weighted by Crippen LogP contribution is -1.92. The summed E-state index contributed by atoms with van der Waals surface area (Å²) in [5, 5.41) is 0. The van der Waals surface area contributed by atoms with Crippen LogP contribution in [0.3, 0.4) is 0 Å². The fourth-order valence-corrected chi connectivity index (χ4v) is 2.92. The zero-order chi connectivity index (χ0) is 17.0. The molecule has 24 heavy (non-hydrogen) atoms. The number of hydrogen-bond acceptors (Lipinski definition) is 0. The lowest BCUT2D eigenvalue weighted by atomic mass is 10.0. The summed E-state index contributed by atoms with van der Waals surface area (Å²) in [4.78, 5) is 0. The monoisotopic (exact) mass is 320 g/mol. The van der Waals surface area contributed by atoms with Crippen LogP contribution in [-0.2, 0) is 19.3 Å². The Balaban J connectivity index is 1.80. The SMILES string of the molecule is CCC/C=C/c1ccc(CCc2ccc(CCCCC)cc2)cc1. The van der Waals surface area contributed by atoms with Crippen molar-refractivity contribution in [1.29, 1.82) is 0 Å². The van der Waals surface area contributed by atoms with Crippen molar-refractivity contribution >= 4 is 6.08 Å². The highest BCUT2D eigenvalue weighted by molar-refractivity contribution is 5.49. The van der Waals surface area contributed by atoms with Crippen molar-refractivity contribution in [1.82, 2.24) is 0 Å². The van der Waals surface area contributed by atoms with E-state index in [1.165, 1.54) is 54.4 Å². The Morgan fingerprint density at radius 2 is 1.17 bits per heavy atom. The van der Waals surface area contributed by atoms with Crippen LogP contribution in [0.25, 0.3) is 6.08 Å². The summed E-state index contributed by atoms with van der Waals surface area (Å²) in [6.07, 6.45) is 14.3. The molecule has 0 atom stereocenters. The summed E-state index contributed by atoms with van der Waals surface area (Å²) in [5.41, 5.74) is 5.66. The van der Waals surface area contributed by atoms with Crippen LogP contribution in [0, 0.1) is 0 Å². The van der Waals surface area contributed by atoms with E-state index in [2.05, 4.69) is 74.5 Å². The molecule has 0 aliphatic heterocycles. The lowest BCUT2D eigenvalue weighted by Gasteiger charge is -2.05. The van der Waals surface area contributed by atoms with Gasteiger partial charge < -0.3 is 0 Å². The van der Waals surface area contributed by atoms with Gasteiger partial charge in [0, 0.05) is 0 Å². The standard InChI is InChI=1S/C24H32/c1-3-5-7-9-21-11-15-23(16-12-21)19-20-24-17-13-22(14-18-24)10-8-6-4-2/h7,9,11-18H,3-6,8,10,19-20H2,1-2H3/b9-7+. The molecule has 0 heteroatoms. The highest BCUT2D eigenvalue weighted by Gasteiger charge is 1.98. The maximum Gasteiger partial charge on any atom is -0.0238 e. The summed E-state index contributed by atoms with van der Waals surface area (Å²) < 4.78 is 0. The molecule has 0 saturated heterocycles. The third kappa shape index (κ3) is 6.74. The molecule has 0 bridgehead atoms. The molecule has 0 saturated carbocycles. The second-order valence-electron chi connectivity index (χ2n) is 6.71. The van der Waals surface area contributed by atoms with Gasteiger partial charge in [-0.3, -0.25) is 0 Å². The van der Waals surface area contributed by atoms with E-state index in [1.54, 1.807) is 0 Å². The van der Waals surface area contributed by atoms with E-state index in [9.17, 15) is 0 Å². The molecule has 2 rings (SSSR count). The maximum atomic E-state index is 2.31. The van der Waals surface area contributed by atoms with Gasteiger partial charge in [-0.15, -0.1) is 0 Å². The Morgan fingerprint density at radius 3 is 1.71 bits per heavy atom. The highest BCUT2D eigenvalue weighted by Crippen LogP contribution is 2.13. The van der Waals surface area contributed by atoms with Crippen LogP contribution in [0.5, 0.6) is 0 Å². The predicted octanol–water partition coefficient (Wildman–Crippen LogP) is 7.02. The molecule has 0 heterocycles. The quantitative estimate of drug-likeness (QED) is 0.413. The minimum atomic E-state index is 1.12. The van der Waals surface area contributed by atoms with Gasteiger partial charge >= 0.3 is 0 Å². The molecule has 2 aromatic rings. The second kappa shape index (κ2) is 10.9. The largest absolute Gasteiger partial charge is 0.0840 e. The number of unbranched alkanes of at least 4 members (excludes halogenated alkanes) is 3. The first-order valence-corrected chi connectivity index (χ1v) is 9.65. The van der Waals surface area contributed by atoms with Crippen LogP contribution < -0.4 is 0 Å². The number of hydrogen-bond donors (Lipinski definition) is 0. The summed E-state index contributed by atoms with van der Waals surface area (Å²) in [6, 6.07) is 18.2. The third-order valence-electron chi connectivity index (χ3n) is 4.54. The molecule has 128 valence electrons. The Kier molecular flexibility index (Phi) is 8.38. The lowest BCUT2D eigenvalue weighted by molar-refractivity contribution is 0.717. The number of allylic oxidation sites excluding steroid dienone is 1. The molecule has 0 fully saturated rings. The molecule has 0 aromatic heterocycles. The fraction of sp³-hybridized carbons (Fsp3) is 0.417. The van der Waals surface area contributed by atoms with E-state index in [-0.39, 0.29) is 0 Å². The number of benzene rings is 2. The minimum Gasteiger partial charge on any atom is -0.0840 e. The van der Waals surface area contributed by atoms with Gasteiger partial charge in [0.2, 0.25) is 0 Å². The first-order valence-electron chi connectivity index (χ1n) is 9.65. The van der Waals surface area contributed by atoms with Crippen LogP contribution in [-0.4, -0.2) is 0 Å². The van der Waals surface area contributed by atoms with Gasteiger partial charge in [0.15, 0.2) is 0 Å². The Bertz CT molecular complexity index is 587. The maximum absolute atomic E-state index is 2.31. The van der Waals surface area contributed by atoms with Crippen molar-refractivity contribution in [2.24, 2.45) is 0 Å². The van der Waals surface area contributed by atoms with Crippen LogP contribution >= 0.6 is 0 Å². The Morgan fingerprint density at radius 1 is 0.625 bits per heavy atom. The van der Waals surface area contributed by atoms with Crippen molar-refractivity contribution in [3.05, 3.63) is 76.9 Å². The van der Waals surface area contributed by atoms with Crippen molar-refractivity contribution in [3.8, 4) is 0 Å². The van der Waals surface area contributed by atoms with Crippen LogP contribution in [0.2, 0.25) is 0 Å². The number of aryl methyl sites for hydroxylation is 3. The second-order valence-corrected chi connectivity index (χ2v) is 6.71. The fourth-order valence-electron chi connectivity index (χ4n) is 2.92. The summed E-state index contributed by atoms with van der Waals surface area (Å²) >= 11 is 0. The summed E-state index contributed by atoms with van der Waals surface area (Å²) in [6.45, 7) is 4.47. The molecule has 0 N–H and O–H groups in total. The average molecular weight is 321 g/mol. The van der Waals surface area contributed by atoms with E-state index in [0.717, 1.165) is 19.3 Å². The van der Waals surface area contributed by atoms with Gasteiger partial charge in [0.1, 0.15) is 0 Å². The zero-order valence-corrected chi connectivity index (χ0v) is 15.4. The van der Waals surface area contributed by atoms with E-state index in [0.29, 0.717) is 0 Å². The van der Waals surface area contributed by atoms with Crippen LogP contribution in [0.4, 0.5) is 0 Å². The van der Waals surface area contributed by atoms with Crippen molar-refractivity contribution in [2.45, 2.75) is 65.2 Å². The first-order chi connectivity index (χ1) is 11.8. The highest BCUT2D eigenvalue weighted by atomic mass is 14.0. The predicted molar refractivity (Wildman–Crippen MR) is 107 cm³/mol. The molecule has 2 aromatic carbocycles. The van der Waals surface area contributed by atoms with Gasteiger partial charge in [-0.1, -0.05) is 93.8 Å². The number of rotatable bonds is 10. The molecule has 0 nitrogen and oxygen atoms in total. The Hall–Kier alpha value is -1.82. The molecular weight excluding hydrogens is 288 g/mol. The topological polar surface area (TPSA) is 0 Å². The van der Waals surface area contributed by atoms with E-state index >= 15 is 0 Å². The Labute approximate surface area is 148 Å². The normalized spacial score (nSPS) is 11.2. The molecular formula is C24H32. The zero-order valence-electron chi connectivity index (χ0n) is 15.4. The van der Waals surface area contributed by atoms with Gasteiger partial charge in [0.25, 0.3) is 0 Å². The minimum absolute atomic E-state index is 1.12. The van der Waals surface area contributed by atoms with Crippen molar-refractivity contribution in [3.63, 3.8) is 0 Å². The summed E-state index contributed by atoms with van der Waals surface area (Å²) in [7, 11) is 0. The average Bonchev–Trinajstić information content (AvgIpc) is 2.63. The van der Waals surface area contributed by atoms with Gasteiger partial charge in [-0.25, -0.2) is 0 Å². The van der Waals surface area contributed by atoms with Crippen LogP contribution in [0.1, 0.15) is 68.2 Å². The van der Waals surface area contributed by atoms with Crippen molar-refractivity contribution < 1.29 is 0 Å². The van der Waals surface area contributed by atoms with E-state index in [4.69, 9.17) is 0 Å². The molecule has 0 unspecified atom stereocenters. The van der Waals surface area contributed by atoms with Gasteiger partial charge in [-0.2, -0.15) is 0 Å². The molecule has 0 radical (unpaired) electrons. The molecule has 0 aliphatic carbocycles. The third-order valence-corrected chi connectivity index (χ3v) is 4.54. The molecule has 0 aliphatic rings. The van der Waals surface area contributed by atoms with Gasteiger partial charge in [0.05, 0.1) is 0 Å².